The molecule has 0 bridgehead atoms. The molecular formula is C31H27FN2O2. The zero-order chi connectivity index (χ0) is 24.9. The molecule has 0 saturated carbocycles. The fourth-order valence-electron chi connectivity index (χ4n) is 4.57. The van der Waals surface area contributed by atoms with Gasteiger partial charge in [0.15, 0.2) is 0 Å². The van der Waals surface area contributed by atoms with Crippen molar-refractivity contribution in [1.29, 1.82) is 0 Å². The zero-order valence-electron chi connectivity index (χ0n) is 20.0. The molecule has 180 valence electrons. The Morgan fingerprint density at radius 2 is 1.67 bits per heavy atom. The number of benzene rings is 4. The number of halogens is 1. The predicted octanol–water partition coefficient (Wildman–Crippen LogP) is 7.06. The lowest BCUT2D eigenvalue weighted by molar-refractivity contribution is -0.116. The van der Waals surface area contributed by atoms with Crippen molar-refractivity contribution in [2.75, 3.05) is 5.32 Å². The minimum atomic E-state index is -0.455. The van der Waals surface area contributed by atoms with Crippen LogP contribution in [0, 0.1) is 5.82 Å². The molecule has 1 aromatic heterocycles. The highest BCUT2D eigenvalue weighted by molar-refractivity contribution is 5.93. The number of aromatic nitrogens is 1. The van der Waals surface area contributed by atoms with Crippen LogP contribution >= 0.6 is 0 Å². The Morgan fingerprint density at radius 3 is 2.50 bits per heavy atom. The summed E-state index contributed by atoms with van der Waals surface area (Å²) in [5.41, 5.74) is 4.35. The van der Waals surface area contributed by atoms with E-state index >= 15 is 0 Å². The first-order chi connectivity index (χ1) is 17.6. The lowest BCUT2D eigenvalue weighted by Gasteiger charge is -2.18. The van der Waals surface area contributed by atoms with Gasteiger partial charge in [0, 0.05) is 36.5 Å². The highest BCUT2D eigenvalue weighted by Gasteiger charge is 2.23. The number of rotatable bonds is 8. The number of anilines is 1. The minimum absolute atomic E-state index is 0.157. The maximum absolute atomic E-state index is 14.2. The fraction of sp³-hybridized carbons (Fsp3) is 0.129. The smallest absolute Gasteiger partial charge is 0.225 e. The summed E-state index contributed by atoms with van der Waals surface area (Å²) in [5, 5.41) is 3.83. The van der Waals surface area contributed by atoms with Crippen molar-refractivity contribution in [2.24, 2.45) is 7.05 Å². The second kappa shape index (κ2) is 10.5. The topological polar surface area (TPSA) is 43.3 Å². The molecule has 5 aromatic rings. The third-order valence-electron chi connectivity index (χ3n) is 6.35. The molecule has 0 fully saturated rings. The monoisotopic (exact) mass is 478 g/mol. The quantitative estimate of drug-likeness (QED) is 0.260. The molecule has 0 radical (unpaired) electrons. The van der Waals surface area contributed by atoms with E-state index < -0.39 is 5.82 Å². The number of nitrogens with zero attached hydrogens (tertiary/aromatic N) is 1. The van der Waals surface area contributed by atoms with E-state index in [4.69, 9.17) is 4.74 Å². The van der Waals surface area contributed by atoms with Crippen LogP contribution < -0.4 is 10.1 Å². The highest BCUT2D eigenvalue weighted by Crippen LogP contribution is 2.36. The second-order valence-corrected chi connectivity index (χ2v) is 8.84. The molecule has 1 unspecified atom stereocenters. The van der Waals surface area contributed by atoms with Gasteiger partial charge >= 0.3 is 0 Å². The molecule has 0 aliphatic carbocycles. The molecule has 4 nitrogen and oxygen atoms in total. The van der Waals surface area contributed by atoms with Crippen molar-refractivity contribution in [3.05, 3.63) is 132 Å². The van der Waals surface area contributed by atoms with Gasteiger partial charge in [0.1, 0.15) is 18.2 Å². The van der Waals surface area contributed by atoms with Gasteiger partial charge in [-0.1, -0.05) is 72.8 Å². The van der Waals surface area contributed by atoms with Gasteiger partial charge in [-0.05, 0) is 47.0 Å². The van der Waals surface area contributed by atoms with E-state index in [9.17, 15) is 9.18 Å². The van der Waals surface area contributed by atoms with Gasteiger partial charge in [0.2, 0.25) is 5.91 Å². The summed E-state index contributed by atoms with van der Waals surface area (Å²) in [4.78, 5) is 13.1. The summed E-state index contributed by atoms with van der Waals surface area (Å²) in [7, 11) is 2.00. The number of ether oxygens (including phenoxy) is 1. The largest absolute Gasteiger partial charge is 0.489 e. The van der Waals surface area contributed by atoms with E-state index in [1.807, 2.05) is 73.8 Å². The molecule has 1 N–H and O–H groups in total. The number of nitrogens with one attached hydrogen (secondary N) is 1. The molecular weight excluding hydrogens is 451 g/mol. The number of para-hydroxylation sites is 2. The van der Waals surface area contributed by atoms with Gasteiger partial charge in [0.25, 0.3) is 0 Å². The molecule has 1 amide bonds. The Morgan fingerprint density at radius 1 is 0.917 bits per heavy atom. The lowest BCUT2D eigenvalue weighted by atomic mass is 9.88. The first kappa shape index (κ1) is 23.4. The maximum atomic E-state index is 14.2. The summed E-state index contributed by atoms with van der Waals surface area (Å²) in [6, 6.07) is 32.2. The number of amides is 1. The zero-order valence-corrected chi connectivity index (χ0v) is 20.0. The Labute approximate surface area is 210 Å². The summed E-state index contributed by atoms with van der Waals surface area (Å²) >= 11 is 0. The van der Waals surface area contributed by atoms with Crippen LogP contribution in [0.4, 0.5) is 10.1 Å². The van der Waals surface area contributed by atoms with Gasteiger partial charge in [-0.3, -0.25) is 4.79 Å². The summed E-state index contributed by atoms with van der Waals surface area (Å²) < 4.78 is 22.3. The number of carbonyl (C=O) groups excluding carboxylic acids is 1. The summed E-state index contributed by atoms with van der Waals surface area (Å²) in [5.74, 6) is -0.225. The number of carbonyl (C=O) groups is 1. The molecule has 1 atom stereocenters. The van der Waals surface area contributed by atoms with E-state index in [1.165, 1.54) is 6.07 Å². The molecule has 0 aliphatic rings. The average molecular weight is 479 g/mol. The lowest BCUT2D eigenvalue weighted by Crippen LogP contribution is -2.17. The van der Waals surface area contributed by atoms with Crippen LogP contribution in [-0.2, 0) is 18.4 Å². The third-order valence-corrected chi connectivity index (χ3v) is 6.35. The van der Waals surface area contributed by atoms with Crippen molar-refractivity contribution in [3.63, 3.8) is 0 Å². The summed E-state index contributed by atoms with van der Waals surface area (Å²) in [6.07, 6.45) is 2.23. The second-order valence-electron chi connectivity index (χ2n) is 8.84. The van der Waals surface area contributed by atoms with Crippen LogP contribution in [0.15, 0.2) is 109 Å². The Bertz CT molecular complexity index is 1490. The van der Waals surface area contributed by atoms with Crippen LogP contribution in [0.1, 0.15) is 29.0 Å². The molecule has 4 aromatic carbocycles. The van der Waals surface area contributed by atoms with Crippen molar-refractivity contribution in [2.45, 2.75) is 18.9 Å². The number of fused-ring (bicyclic) bond motifs is 1. The Hall–Kier alpha value is -4.38. The standard InChI is InChI=1S/C31H27FN2O2/c1-34-20-27(25-14-5-8-17-30(25)34)26(19-31(35)33-29-16-7-6-15-28(29)32)23-12-9-13-24(18-23)36-21-22-10-3-2-4-11-22/h2-18,20,26H,19,21H2,1H3,(H,33,35). The summed E-state index contributed by atoms with van der Waals surface area (Å²) in [6.45, 7) is 0.455. The Kier molecular flexibility index (Phi) is 6.80. The highest BCUT2D eigenvalue weighted by atomic mass is 19.1. The van der Waals surface area contributed by atoms with E-state index in [-0.39, 0.29) is 23.9 Å². The first-order valence-electron chi connectivity index (χ1n) is 11.9. The molecule has 0 aliphatic heterocycles. The Balaban J connectivity index is 1.47. The average Bonchev–Trinajstić information content (AvgIpc) is 3.24. The SMILES string of the molecule is Cn1cc(C(CC(=O)Nc2ccccc2F)c2cccc(OCc3ccccc3)c2)c2ccccc21. The van der Waals surface area contributed by atoms with Crippen molar-refractivity contribution in [1.82, 2.24) is 4.57 Å². The van der Waals surface area contributed by atoms with Crippen LogP contribution in [0.5, 0.6) is 5.75 Å². The number of hydrogen-bond donors (Lipinski definition) is 1. The van der Waals surface area contributed by atoms with Crippen LogP contribution in [0.3, 0.4) is 0 Å². The fourth-order valence-corrected chi connectivity index (χ4v) is 4.57. The third kappa shape index (κ3) is 5.15. The molecule has 1 heterocycles. The molecule has 36 heavy (non-hydrogen) atoms. The molecule has 0 spiro atoms. The van der Waals surface area contributed by atoms with Crippen LogP contribution in [-0.4, -0.2) is 10.5 Å². The maximum Gasteiger partial charge on any atom is 0.225 e. The number of hydrogen-bond acceptors (Lipinski definition) is 2. The van der Waals surface area contributed by atoms with Gasteiger partial charge in [-0.2, -0.15) is 0 Å². The van der Waals surface area contributed by atoms with Crippen molar-refractivity contribution >= 4 is 22.5 Å². The van der Waals surface area contributed by atoms with Gasteiger partial charge in [-0.25, -0.2) is 4.39 Å². The molecule has 5 heteroatoms. The van der Waals surface area contributed by atoms with Crippen LogP contribution in [0.25, 0.3) is 10.9 Å². The first-order valence-corrected chi connectivity index (χ1v) is 11.9. The molecule has 5 rings (SSSR count). The van der Waals surface area contributed by atoms with Crippen LogP contribution in [0.2, 0.25) is 0 Å². The van der Waals surface area contributed by atoms with Gasteiger partial charge < -0.3 is 14.6 Å². The van der Waals surface area contributed by atoms with E-state index in [2.05, 4.69) is 28.2 Å². The number of aryl methyl sites for hydroxylation is 1. The van der Waals surface area contributed by atoms with Gasteiger partial charge in [0.05, 0.1) is 5.69 Å². The van der Waals surface area contributed by atoms with Gasteiger partial charge in [-0.15, -0.1) is 0 Å². The normalized spacial score (nSPS) is 11.8. The van der Waals surface area contributed by atoms with E-state index in [0.29, 0.717) is 6.61 Å². The minimum Gasteiger partial charge on any atom is -0.489 e. The van der Waals surface area contributed by atoms with Crippen molar-refractivity contribution in [3.8, 4) is 5.75 Å². The van der Waals surface area contributed by atoms with E-state index in [0.717, 1.165) is 33.3 Å². The van der Waals surface area contributed by atoms with E-state index in [1.54, 1.807) is 18.2 Å². The van der Waals surface area contributed by atoms with Crippen molar-refractivity contribution < 1.29 is 13.9 Å². The predicted molar refractivity (Wildman–Crippen MR) is 142 cm³/mol. The molecule has 0 saturated heterocycles.